The van der Waals surface area contributed by atoms with Crippen LogP contribution in [0.4, 0.5) is 0 Å². The molecule has 0 aromatic carbocycles. The van der Waals surface area contributed by atoms with E-state index in [0.29, 0.717) is 6.42 Å². The van der Waals surface area contributed by atoms with Crippen LogP contribution in [0.3, 0.4) is 0 Å². The number of guanidine groups is 1. The number of aliphatic imine (C=N–C) groups is 1. The Morgan fingerprint density at radius 2 is 1.57 bits per heavy atom. The van der Waals surface area contributed by atoms with Gasteiger partial charge in [-0.25, -0.2) is 4.79 Å². The zero-order chi connectivity index (χ0) is 21.9. The van der Waals surface area contributed by atoms with Gasteiger partial charge in [-0.15, -0.1) is 0 Å². The van der Waals surface area contributed by atoms with Gasteiger partial charge in [0, 0.05) is 6.54 Å². The average Bonchev–Trinajstić information content (AvgIpc) is 2.55. The molecule has 0 spiro atoms. The van der Waals surface area contributed by atoms with Crippen molar-refractivity contribution in [1.29, 1.82) is 0 Å². The lowest BCUT2D eigenvalue weighted by Gasteiger charge is -2.22. The van der Waals surface area contributed by atoms with Crippen LogP contribution in [-0.2, 0) is 19.2 Å². The molecule has 3 amide bonds. The van der Waals surface area contributed by atoms with Gasteiger partial charge in [0.05, 0.1) is 12.5 Å². The van der Waals surface area contributed by atoms with E-state index in [4.69, 9.17) is 22.9 Å². The first-order chi connectivity index (χ1) is 12.9. The van der Waals surface area contributed by atoms with E-state index in [2.05, 4.69) is 15.6 Å². The van der Waals surface area contributed by atoms with E-state index in [1.54, 1.807) is 13.8 Å². The first kappa shape index (κ1) is 25.1. The summed E-state index contributed by atoms with van der Waals surface area (Å²) in [6, 6.07) is -3.46. The maximum Gasteiger partial charge on any atom is 0.326 e. The second kappa shape index (κ2) is 12.5. The highest BCUT2D eigenvalue weighted by Crippen LogP contribution is 2.06. The number of aliphatic carboxylic acids is 1. The number of nitrogens with two attached hydrogens (primary N) is 4. The minimum atomic E-state index is -1.33. The topological polar surface area (TPSA) is 229 Å². The Morgan fingerprint density at radius 3 is 2.04 bits per heavy atom. The Hall–Kier alpha value is -2.89. The summed E-state index contributed by atoms with van der Waals surface area (Å²) in [5, 5.41) is 13.9. The Kier molecular flexibility index (Phi) is 11.2. The molecule has 0 unspecified atom stereocenters. The number of carboxylic acid groups (broad SMARTS) is 1. The van der Waals surface area contributed by atoms with Crippen molar-refractivity contribution in [2.24, 2.45) is 33.8 Å². The molecule has 0 fully saturated rings. The molecule has 0 aliphatic carbocycles. The van der Waals surface area contributed by atoms with Crippen LogP contribution in [0.2, 0.25) is 0 Å². The molecule has 3 atom stereocenters. The standard InChI is InChI=1S/C16H31N7O5/c1-8(2)6-11(15(27)28)23-14(26)10(7-12(18)24)22-13(25)9(17)4-3-5-21-16(19)20/h8-11H,3-7,17H2,1-2H3,(H2,18,24)(H,22,25)(H,23,26)(H,27,28)(H4,19,20,21)/t9-,10-,11-/m0/s1. The minimum absolute atomic E-state index is 0.00391. The van der Waals surface area contributed by atoms with Gasteiger partial charge >= 0.3 is 5.97 Å². The van der Waals surface area contributed by atoms with Crippen molar-refractivity contribution in [1.82, 2.24) is 10.6 Å². The van der Waals surface area contributed by atoms with E-state index in [0.717, 1.165) is 0 Å². The van der Waals surface area contributed by atoms with Gasteiger partial charge in [0.25, 0.3) is 0 Å². The molecule has 160 valence electrons. The summed E-state index contributed by atoms with van der Waals surface area (Å²) in [5.74, 6) is -3.63. The molecule has 0 saturated carbocycles. The van der Waals surface area contributed by atoms with Gasteiger partial charge in [-0.2, -0.15) is 0 Å². The molecule has 12 nitrogen and oxygen atoms in total. The van der Waals surface area contributed by atoms with Crippen LogP contribution in [0.5, 0.6) is 0 Å². The Morgan fingerprint density at radius 1 is 1.00 bits per heavy atom. The summed E-state index contributed by atoms with van der Waals surface area (Å²) < 4.78 is 0. The van der Waals surface area contributed by atoms with E-state index in [1.807, 2.05) is 0 Å². The van der Waals surface area contributed by atoms with E-state index in [1.165, 1.54) is 0 Å². The fourth-order valence-corrected chi connectivity index (χ4v) is 2.30. The fraction of sp³-hybridized carbons (Fsp3) is 0.688. The summed E-state index contributed by atoms with van der Waals surface area (Å²) in [7, 11) is 0. The zero-order valence-corrected chi connectivity index (χ0v) is 16.2. The van der Waals surface area contributed by atoms with Crippen molar-refractivity contribution >= 4 is 29.7 Å². The number of carbonyl (C=O) groups is 4. The number of carboxylic acids is 1. The van der Waals surface area contributed by atoms with Crippen molar-refractivity contribution in [3.05, 3.63) is 0 Å². The van der Waals surface area contributed by atoms with Crippen molar-refractivity contribution in [3.8, 4) is 0 Å². The summed E-state index contributed by atoms with van der Waals surface area (Å²) >= 11 is 0. The van der Waals surface area contributed by atoms with Crippen LogP contribution in [0.15, 0.2) is 4.99 Å². The quantitative estimate of drug-likeness (QED) is 0.0975. The first-order valence-electron chi connectivity index (χ1n) is 8.86. The fourth-order valence-electron chi connectivity index (χ4n) is 2.30. The van der Waals surface area contributed by atoms with Crippen molar-refractivity contribution in [2.75, 3.05) is 6.54 Å². The number of amides is 3. The van der Waals surface area contributed by atoms with Gasteiger partial charge in [-0.3, -0.25) is 19.4 Å². The SMILES string of the molecule is CC(C)C[C@H](NC(=O)[C@H](CC(N)=O)NC(=O)[C@@H](N)CCCN=C(N)N)C(=O)O. The average molecular weight is 401 g/mol. The van der Waals surface area contributed by atoms with E-state index in [9.17, 15) is 24.3 Å². The third-order valence-corrected chi connectivity index (χ3v) is 3.66. The van der Waals surface area contributed by atoms with Crippen LogP contribution in [-0.4, -0.2) is 59.4 Å². The van der Waals surface area contributed by atoms with Gasteiger partial charge in [0.15, 0.2) is 5.96 Å². The highest BCUT2D eigenvalue weighted by atomic mass is 16.4. The number of nitrogens with one attached hydrogen (secondary N) is 2. The Balaban J connectivity index is 4.93. The highest BCUT2D eigenvalue weighted by molar-refractivity contribution is 5.94. The normalized spacial score (nSPS) is 13.9. The molecule has 0 aromatic heterocycles. The smallest absolute Gasteiger partial charge is 0.326 e. The molecule has 0 aromatic rings. The lowest BCUT2D eigenvalue weighted by Crippen LogP contribution is -2.55. The number of rotatable bonds is 13. The molecule has 12 heteroatoms. The van der Waals surface area contributed by atoms with E-state index >= 15 is 0 Å². The molecule has 0 radical (unpaired) electrons. The lowest BCUT2D eigenvalue weighted by atomic mass is 10.0. The summed E-state index contributed by atoms with van der Waals surface area (Å²) in [5.41, 5.74) is 21.3. The van der Waals surface area contributed by atoms with Crippen molar-refractivity contribution in [2.45, 2.75) is 57.7 Å². The maximum absolute atomic E-state index is 12.4. The predicted octanol–water partition coefficient (Wildman–Crippen LogP) is -2.66. The highest BCUT2D eigenvalue weighted by Gasteiger charge is 2.29. The van der Waals surface area contributed by atoms with Crippen molar-refractivity contribution in [3.63, 3.8) is 0 Å². The van der Waals surface area contributed by atoms with Gasteiger partial charge in [0.2, 0.25) is 17.7 Å². The summed E-state index contributed by atoms with van der Waals surface area (Å²) in [6.45, 7) is 3.88. The Labute approximate surface area is 163 Å². The third kappa shape index (κ3) is 11.0. The van der Waals surface area contributed by atoms with Gasteiger partial charge in [-0.1, -0.05) is 13.8 Å². The maximum atomic E-state index is 12.4. The largest absolute Gasteiger partial charge is 0.480 e. The third-order valence-electron chi connectivity index (χ3n) is 3.66. The summed E-state index contributed by atoms with van der Waals surface area (Å²) in [6.07, 6.45) is 0.349. The molecular formula is C16H31N7O5. The number of hydrogen-bond donors (Lipinski definition) is 7. The molecule has 0 rings (SSSR count). The number of primary amides is 1. The van der Waals surface area contributed by atoms with Crippen LogP contribution >= 0.6 is 0 Å². The van der Waals surface area contributed by atoms with Crippen molar-refractivity contribution < 1.29 is 24.3 Å². The molecule has 0 aliphatic rings. The molecule has 0 bridgehead atoms. The second-order valence-electron chi connectivity index (χ2n) is 6.82. The molecule has 11 N–H and O–H groups in total. The molecule has 0 heterocycles. The molecular weight excluding hydrogens is 370 g/mol. The number of hydrogen-bond acceptors (Lipinski definition) is 6. The first-order valence-corrected chi connectivity index (χ1v) is 8.86. The Bertz CT molecular complexity index is 590. The monoisotopic (exact) mass is 401 g/mol. The molecule has 0 saturated heterocycles. The minimum Gasteiger partial charge on any atom is -0.480 e. The van der Waals surface area contributed by atoms with Gasteiger partial charge in [0.1, 0.15) is 12.1 Å². The second-order valence-corrected chi connectivity index (χ2v) is 6.82. The number of nitrogens with zero attached hydrogens (tertiary/aromatic N) is 1. The number of carbonyl (C=O) groups excluding carboxylic acids is 3. The van der Waals surface area contributed by atoms with Crippen LogP contribution < -0.4 is 33.6 Å². The van der Waals surface area contributed by atoms with Crippen LogP contribution in [0.1, 0.15) is 39.5 Å². The van der Waals surface area contributed by atoms with Gasteiger partial charge < -0.3 is 38.7 Å². The molecule has 0 aliphatic heterocycles. The van der Waals surface area contributed by atoms with Gasteiger partial charge in [-0.05, 0) is 25.2 Å². The summed E-state index contributed by atoms with van der Waals surface area (Å²) in [4.78, 5) is 50.9. The van der Waals surface area contributed by atoms with E-state index in [-0.39, 0.29) is 31.3 Å². The predicted molar refractivity (Wildman–Crippen MR) is 103 cm³/mol. The molecule has 28 heavy (non-hydrogen) atoms. The van der Waals surface area contributed by atoms with E-state index < -0.39 is 48.2 Å². The lowest BCUT2D eigenvalue weighted by molar-refractivity contribution is -0.142. The van der Waals surface area contributed by atoms with Crippen LogP contribution in [0, 0.1) is 5.92 Å². The zero-order valence-electron chi connectivity index (χ0n) is 16.2. The van der Waals surface area contributed by atoms with Crippen LogP contribution in [0.25, 0.3) is 0 Å².